The Morgan fingerprint density at radius 1 is 0.610 bits per heavy atom. The van der Waals surface area contributed by atoms with Crippen LogP contribution in [0.25, 0.3) is 43.5 Å². The fourth-order valence-electron chi connectivity index (χ4n) is 5.74. The van der Waals surface area contributed by atoms with Gasteiger partial charge in [0, 0.05) is 37.3 Å². The van der Waals surface area contributed by atoms with E-state index in [1.54, 1.807) is 11.3 Å². The summed E-state index contributed by atoms with van der Waals surface area (Å²) in [5.74, 6) is 2.86. The quantitative estimate of drug-likeness (QED) is 0.0850. The fourth-order valence-corrected chi connectivity index (χ4v) is 6.64. The highest BCUT2D eigenvalue weighted by Gasteiger charge is 2.18. The highest BCUT2D eigenvalue weighted by atomic mass is 127. The van der Waals surface area contributed by atoms with Crippen molar-refractivity contribution in [2.24, 2.45) is 0 Å². The highest BCUT2D eigenvalue weighted by molar-refractivity contribution is 14.0. The molecule has 0 aliphatic carbocycles. The second-order valence-electron chi connectivity index (χ2n) is 10.6. The lowest BCUT2D eigenvalue weighted by atomic mass is 10.1. The minimum atomic E-state index is 0. The number of aromatic nitrogens is 4. The summed E-state index contributed by atoms with van der Waals surface area (Å²) in [5.41, 5.74) is 5.58. The van der Waals surface area contributed by atoms with Gasteiger partial charge in [0.2, 0.25) is 0 Å². The van der Waals surface area contributed by atoms with Gasteiger partial charge in [-0.15, -0.1) is 59.3 Å². The molecule has 0 radical (unpaired) electrons. The second kappa shape index (κ2) is 12.8. The molecule has 0 amide bonds. The van der Waals surface area contributed by atoms with Crippen LogP contribution in [0, 0.1) is 10.8 Å². The lowest BCUT2D eigenvalue weighted by Gasteiger charge is -2.29. The number of thiophene rings is 1. The summed E-state index contributed by atoms with van der Waals surface area (Å²) in [7, 11) is 0. The predicted octanol–water partition coefficient (Wildman–Crippen LogP) is 7.69. The predicted molar refractivity (Wildman–Crippen MR) is 190 cm³/mol. The molecule has 0 saturated carbocycles. The average Bonchev–Trinajstić information content (AvgIpc) is 3.74. The van der Waals surface area contributed by atoms with Gasteiger partial charge in [-0.05, 0) is 87.1 Å². The number of imidazole rings is 2. The van der Waals surface area contributed by atoms with Gasteiger partial charge in [0.05, 0.1) is 31.8 Å². The number of fused-ring (bicyclic) bond motifs is 2. The van der Waals surface area contributed by atoms with Gasteiger partial charge in [-0.1, -0.05) is 0 Å². The Morgan fingerprint density at radius 2 is 1.02 bits per heavy atom. The van der Waals surface area contributed by atoms with E-state index in [9.17, 15) is 0 Å². The number of nitrogens with zero attached hydrogens (tertiary/aromatic N) is 4. The minimum Gasteiger partial charge on any atom is -0.357 e. The SMILES string of the molecule is I.I.N=C(c1ccc2nc(-c3ccc(-c4nc5ccc(C(=N)N6CCCCC6)cc5[nH]4)s3)[nH]c2c1)N1CCCCC1. The Bertz CT molecular complexity index is 1570. The summed E-state index contributed by atoms with van der Waals surface area (Å²) in [4.78, 5) is 23.1. The number of benzene rings is 2. The molecule has 5 heterocycles. The molecule has 8 nitrogen and oxygen atoms in total. The van der Waals surface area contributed by atoms with Crippen molar-refractivity contribution < 1.29 is 0 Å². The molecule has 2 aliphatic rings. The second-order valence-corrected chi connectivity index (χ2v) is 11.7. The van der Waals surface area contributed by atoms with Crippen LogP contribution in [0.3, 0.4) is 0 Å². The number of amidine groups is 2. The van der Waals surface area contributed by atoms with E-state index in [1.807, 2.05) is 24.3 Å². The van der Waals surface area contributed by atoms with Crippen LogP contribution in [0.4, 0.5) is 0 Å². The third-order valence-corrected chi connectivity index (χ3v) is 9.03. The zero-order chi connectivity index (χ0) is 26.3. The molecule has 0 bridgehead atoms. The van der Waals surface area contributed by atoms with E-state index in [-0.39, 0.29) is 48.0 Å². The van der Waals surface area contributed by atoms with Crippen molar-refractivity contribution in [3.63, 3.8) is 0 Å². The first-order valence-corrected chi connectivity index (χ1v) is 14.7. The molecule has 4 N–H and O–H groups in total. The molecule has 0 atom stereocenters. The van der Waals surface area contributed by atoms with Gasteiger partial charge < -0.3 is 19.8 Å². The van der Waals surface area contributed by atoms with Crippen molar-refractivity contribution in [3.8, 4) is 21.4 Å². The van der Waals surface area contributed by atoms with E-state index in [4.69, 9.17) is 20.8 Å². The van der Waals surface area contributed by atoms with Crippen LogP contribution in [0.5, 0.6) is 0 Å². The number of hydrogen-bond acceptors (Lipinski definition) is 5. The normalized spacial score (nSPS) is 15.5. The molecule has 0 unspecified atom stereocenters. The molecule has 11 heteroatoms. The summed E-state index contributed by atoms with van der Waals surface area (Å²) in [6, 6.07) is 16.3. The van der Waals surface area contributed by atoms with E-state index >= 15 is 0 Å². The molecule has 3 aromatic heterocycles. The number of hydrogen-bond donors (Lipinski definition) is 4. The maximum atomic E-state index is 8.67. The van der Waals surface area contributed by atoms with Gasteiger partial charge in [-0.2, -0.15) is 0 Å². The van der Waals surface area contributed by atoms with E-state index in [2.05, 4.69) is 44.0 Å². The minimum absolute atomic E-state index is 0. The Kier molecular flexibility index (Phi) is 9.33. The van der Waals surface area contributed by atoms with Crippen molar-refractivity contribution in [2.45, 2.75) is 38.5 Å². The van der Waals surface area contributed by atoms with Gasteiger partial charge in [-0.3, -0.25) is 10.8 Å². The van der Waals surface area contributed by atoms with E-state index in [0.29, 0.717) is 11.7 Å². The summed E-state index contributed by atoms with van der Waals surface area (Å²) in [6.45, 7) is 3.86. The van der Waals surface area contributed by atoms with Crippen LogP contribution >= 0.6 is 59.3 Å². The van der Waals surface area contributed by atoms with Crippen LogP contribution in [0.2, 0.25) is 0 Å². The van der Waals surface area contributed by atoms with E-state index < -0.39 is 0 Å². The summed E-state index contributed by atoms with van der Waals surface area (Å²) >= 11 is 1.65. The third kappa shape index (κ3) is 6.03. The first kappa shape index (κ1) is 30.0. The molecule has 2 fully saturated rings. The molecule has 2 saturated heterocycles. The molecule has 2 aromatic carbocycles. The molecule has 5 aromatic rings. The Balaban J connectivity index is 0.00000169. The highest BCUT2D eigenvalue weighted by Crippen LogP contribution is 2.34. The topological polar surface area (TPSA) is 112 Å². The molecule has 41 heavy (non-hydrogen) atoms. The summed E-state index contributed by atoms with van der Waals surface area (Å²) in [6.07, 6.45) is 7.16. The summed E-state index contributed by atoms with van der Waals surface area (Å²) in [5, 5.41) is 17.3. The van der Waals surface area contributed by atoms with Crippen LogP contribution in [-0.4, -0.2) is 67.6 Å². The molecular weight excluding hydrogens is 758 g/mol. The lowest BCUT2D eigenvalue weighted by Crippen LogP contribution is -2.35. The van der Waals surface area contributed by atoms with Crippen molar-refractivity contribution in [1.29, 1.82) is 10.8 Å². The molecular formula is C30H34I2N8S. The zero-order valence-corrected chi connectivity index (χ0v) is 28.2. The van der Waals surface area contributed by atoms with E-state index in [1.165, 1.54) is 12.8 Å². The number of likely N-dealkylation sites (tertiary alicyclic amines) is 2. The first-order valence-electron chi connectivity index (χ1n) is 13.9. The first-order chi connectivity index (χ1) is 19.1. The Labute approximate surface area is 277 Å². The summed E-state index contributed by atoms with van der Waals surface area (Å²) < 4.78 is 0. The van der Waals surface area contributed by atoms with Gasteiger partial charge >= 0.3 is 0 Å². The maximum Gasteiger partial charge on any atom is 0.148 e. The molecule has 7 rings (SSSR count). The van der Waals surface area contributed by atoms with Crippen molar-refractivity contribution in [2.75, 3.05) is 26.2 Å². The van der Waals surface area contributed by atoms with Crippen LogP contribution in [0.15, 0.2) is 48.5 Å². The van der Waals surface area contributed by atoms with Gasteiger partial charge in [0.1, 0.15) is 23.3 Å². The molecule has 2 aliphatic heterocycles. The Morgan fingerprint density at radius 3 is 1.44 bits per heavy atom. The van der Waals surface area contributed by atoms with Crippen LogP contribution in [-0.2, 0) is 0 Å². The molecule has 214 valence electrons. The maximum absolute atomic E-state index is 8.67. The number of piperidine rings is 2. The number of nitrogens with one attached hydrogen (secondary N) is 4. The van der Waals surface area contributed by atoms with Gasteiger partial charge in [0.25, 0.3) is 0 Å². The smallest absolute Gasteiger partial charge is 0.148 e. The van der Waals surface area contributed by atoms with Gasteiger partial charge in [0.15, 0.2) is 0 Å². The number of halogens is 2. The number of rotatable bonds is 4. The largest absolute Gasteiger partial charge is 0.357 e. The van der Waals surface area contributed by atoms with Crippen molar-refractivity contribution in [1.82, 2.24) is 29.7 Å². The van der Waals surface area contributed by atoms with Gasteiger partial charge in [-0.25, -0.2) is 9.97 Å². The van der Waals surface area contributed by atoms with Crippen molar-refractivity contribution in [3.05, 3.63) is 59.7 Å². The van der Waals surface area contributed by atoms with Crippen LogP contribution < -0.4 is 0 Å². The monoisotopic (exact) mass is 792 g/mol. The van der Waals surface area contributed by atoms with E-state index in [0.717, 1.165) is 106 Å². The zero-order valence-electron chi connectivity index (χ0n) is 22.7. The van der Waals surface area contributed by atoms with Crippen LogP contribution in [0.1, 0.15) is 49.7 Å². The lowest BCUT2D eigenvalue weighted by molar-refractivity contribution is 0.341. The third-order valence-electron chi connectivity index (χ3n) is 7.93. The Hall–Kier alpha value is -2.52. The number of aromatic amines is 2. The standard InChI is InChI=1S/C30H32N8S.2HI/c31-27(37-13-3-1-4-14-37)19-7-9-21-23(17-19)35-29(33-21)25-11-12-26(39-25)30-34-22-10-8-20(18-24(22)36-30)28(32)38-15-5-2-6-16-38;;/h7-12,17-18,31-32H,1-6,13-16H2,(H,33,35)(H,34,36);2*1H. The van der Waals surface area contributed by atoms with Crippen molar-refractivity contribution >= 4 is 93.0 Å². The number of H-pyrrole nitrogens is 2. The molecule has 0 spiro atoms. The fraction of sp³-hybridized carbons (Fsp3) is 0.333. The average molecular weight is 793 g/mol.